The Morgan fingerprint density at radius 1 is 0.660 bits per heavy atom. The summed E-state index contributed by atoms with van der Waals surface area (Å²) in [6.45, 7) is 12.5. The predicted octanol–water partition coefficient (Wildman–Crippen LogP) is 11.1. The van der Waals surface area contributed by atoms with Gasteiger partial charge in [0.05, 0.1) is 11.4 Å². The van der Waals surface area contributed by atoms with E-state index < -0.39 is 17.3 Å². The minimum atomic E-state index is -0.574. The third-order valence-corrected chi connectivity index (χ3v) is 9.86. The summed E-state index contributed by atoms with van der Waals surface area (Å²) in [6, 6.07) is 29.4. The van der Waals surface area contributed by atoms with Gasteiger partial charge in [0.25, 0.3) is 0 Å². The van der Waals surface area contributed by atoms with Crippen molar-refractivity contribution in [3.63, 3.8) is 0 Å². The molecule has 0 aromatic heterocycles. The van der Waals surface area contributed by atoms with Crippen LogP contribution in [0.1, 0.15) is 70.1 Å². The first-order valence-electron chi connectivity index (χ1n) is 17.8. The summed E-state index contributed by atoms with van der Waals surface area (Å²) in [5, 5.41) is 14.1. The number of hydrogen-bond donors (Lipinski definition) is 1. The summed E-state index contributed by atoms with van der Waals surface area (Å²) >= 11 is 12.4. The van der Waals surface area contributed by atoms with E-state index >= 15 is 0 Å². The molecule has 0 spiro atoms. The number of hydrogen-bond acceptors (Lipinski definition) is 6. The van der Waals surface area contributed by atoms with Gasteiger partial charge in [-0.2, -0.15) is 0 Å². The molecule has 0 saturated carbocycles. The molecule has 7 rings (SSSR count). The number of halogens is 2. The second-order valence-electron chi connectivity index (χ2n) is 15.4. The number of carbonyl (C=O) groups is 2. The number of anilines is 2. The largest absolute Gasteiger partial charge is 0.507 e. The minimum absolute atomic E-state index is 0.0182. The van der Waals surface area contributed by atoms with Crippen LogP contribution in [0.3, 0.4) is 0 Å². The molecule has 278 valence electrons. The Bertz CT molecular complexity index is 2130. The van der Waals surface area contributed by atoms with Crippen LogP contribution in [0.2, 0.25) is 0 Å². The number of carbonyl (C=O) groups excluding carboxylic acids is 2. The Labute approximate surface area is 321 Å². The van der Waals surface area contributed by atoms with Crippen molar-refractivity contribution in [3.8, 4) is 11.5 Å². The molecule has 0 saturated heterocycles. The van der Waals surface area contributed by atoms with Crippen LogP contribution in [-0.2, 0) is 16.1 Å². The Kier molecular flexibility index (Phi) is 11.0. The summed E-state index contributed by atoms with van der Waals surface area (Å²) in [5.41, 5.74) is 3.52. The van der Waals surface area contributed by atoms with Crippen LogP contribution in [-0.4, -0.2) is 53.3 Å². The van der Waals surface area contributed by atoms with E-state index in [4.69, 9.17) is 37.4 Å². The van der Waals surface area contributed by atoms with Gasteiger partial charge in [-0.25, -0.2) is 9.59 Å². The maximum atomic E-state index is 12.9. The third kappa shape index (κ3) is 8.29. The van der Waals surface area contributed by atoms with E-state index in [2.05, 4.69) is 12.1 Å². The van der Waals surface area contributed by atoms with E-state index in [9.17, 15) is 14.7 Å². The Hall–Kier alpha value is -4.66. The predicted molar refractivity (Wildman–Crippen MR) is 214 cm³/mol. The zero-order chi connectivity index (χ0) is 38.1. The van der Waals surface area contributed by atoms with Gasteiger partial charge in [-0.1, -0.05) is 78.9 Å². The zero-order valence-electron chi connectivity index (χ0n) is 31.0. The Balaban J connectivity index is 0.000000188. The first kappa shape index (κ1) is 38.1. The third-order valence-electron chi connectivity index (χ3n) is 9.11. The number of phenolic OH excluding ortho intramolecular Hbond substituents is 1. The van der Waals surface area contributed by atoms with E-state index in [-0.39, 0.29) is 23.7 Å². The topological polar surface area (TPSA) is 88.5 Å². The van der Waals surface area contributed by atoms with Crippen LogP contribution in [0.25, 0.3) is 21.5 Å². The molecule has 2 aliphatic heterocycles. The van der Waals surface area contributed by atoms with Crippen molar-refractivity contribution in [2.45, 2.75) is 71.2 Å². The monoisotopic (exact) mass is 756 g/mol. The Morgan fingerprint density at radius 2 is 1.09 bits per heavy atom. The van der Waals surface area contributed by atoms with Gasteiger partial charge in [0, 0.05) is 59.6 Å². The average Bonchev–Trinajstić information content (AvgIpc) is 3.69. The number of benzene rings is 5. The molecule has 2 amide bonds. The highest BCUT2D eigenvalue weighted by molar-refractivity contribution is 6.19. The molecule has 0 unspecified atom stereocenters. The molecule has 2 heterocycles. The van der Waals surface area contributed by atoms with Gasteiger partial charge in [0.15, 0.2) is 0 Å². The van der Waals surface area contributed by atoms with Crippen LogP contribution in [0.4, 0.5) is 21.0 Å². The van der Waals surface area contributed by atoms with E-state index in [0.29, 0.717) is 37.1 Å². The number of ether oxygens (including phenoxy) is 3. The first-order valence-corrected chi connectivity index (χ1v) is 18.9. The second-order valence-corrected chi connectivity index (χ2v) is 16.0. The van der Waals surface area contributed by atoms with Crippen LogP contribution in [0.15, 0.2) is 91.0 Å². The molecule has 0 radical (unpaired) electrons. The number of fused-ring (bicyclic) bond motifs is 6. The van der Waals surface area contributed by atoms with Crippen molar-refractivity contribution in [2.75, 3.05) is 34.6 Å². The van der Waals surface area contributed by atoms with Crippen molar-refractivity contribution >= 4 is 68.3 Å². The summed E-state index contributed by atoms with van der Waals surface area (Å²) in [5.74, 6) is 1.80. The Morgan fingerprint density at radius 3 is 1.58 bits per heavy atom. The molecule has 2 aliphatic rings. The fraction of sp³-hybridized carbons (Fsp3) is 0.349. The van der Waals surface area contributed by atoms with Crippen molar-refractivity contribution in [1.29, 1.82) is 0 Å². The average molecular weight is 758 g/mol. The highest BCUT2D eigenvalue weighted by Crippen LogP contribution is 2.47. The summed E-state index contributed by atoms with van der Waals surface area (Å²) in [7, 11) is 0. The molecule has 0 bridgehead atoms. The fourth-order valence-corrected chi connectivity index (χ4v) is 7.43. The number of rotatable bonds is 5. The standard InChI is InChI=1S/C25H26ClNO3.C18H20ClNO3/c1-25(2,3)30-24(28)27-15-18(14-26)23-20-12-8-7-11-19(20)22(13-21(23)27)29-16-17-9-5-4-6-10-17;1-18(2,3)23-17(22)20-10-11(9-19)16-13-7-5-4-6-12(13)15(21)8-14(16)20/h4-13,18H,14-16H2,1-3H3;4-8,11,21H,9-10H2,1-3H3/t18-;11-/m11/s1. The quantitative estimate of drug-likeness (QED) is 0.180. The van der Waals surface area contributed by atoms with Gasteiger partial charge in [0.2, 0.25) is 0 Å². The van der Waals surface area contributed by atoms with Gasteiger partial charge in [-0.3, -0.25) is 9.80 Å². The lowest BCUT2D eigenvalue weighted by Crippen LogP contribution is -2.36. The van der Waals surface area contributed by atoms with Gasteiger partial charge < -0.3 is 19.3 Å². The van der Waals surface area contributed by atoms with Crippen LogP contribution < -0.4 is 14.5 Å². The van der Waals surface area contributed by atoms with Gasteiger partial charge >= 0.3 is 12.2 Å². The van der Waals surface area contributed by atoms with Crippen LogP contribution in [0.5, 0.6) is 11.5 Å². The van der Waals surface area contributed by atoms with Crippen molar-refractivity contribution in [2.24, 2.45) is 0 Å². The van der Waals surface area contributed by atoms with Gasteiger partial charge in [-0.15, -0.1) is 23.2 Å². The second kappa shape index (κ2) is 15.4. The van der Waals surface area contributed by atoms with E-state index in [0.717, 1.165) is 49.7 Å². The van der Waals surface area contributed by atoms with Gasteiger partial charge in [0.1, 0.15) is 29.3 Å². The number of nitrogens with zero attached hydrogens (tertiary/aromatic N) is 2. The van der Waals surface area contributed by atoms with Gasteiger partial charge in [-0.05, 0) is 69.0 Å². The number of amides is 2. The lowest BCUT2D eigenvalue weighted by atomic mass is 9.95. The maximum Gasteiger partial charge on any atom is 0.414 e. The summed E-state index contributed by atoms with van der Waals surface area (Å²) in [6.07, 6.45) is -0.776. The van der Waals surface area contributed by atoms with Crippen LogP contribution in [0, 0.1) is 0 Å². The van der Waals surface area contributed by atoms with E-state index in [1.165, 1.54) is 0 Å². The molecule has 0 aliphatic carbocycles. The number of alkyl halides is 2. The van der Waals surface area contributed by atoms with Crippen molar-refractivity contribution in [1.82, 2.24) is 0 Å². The fourth-order valence-electron chi connectivity index (χ4n) is 6.93. The molecule has 2 atom stereocenters. The summed E-state index contributed by atoms with van der Waals surface area (Å²) < 4.78 is 17.4. The molecule has 53 heavy (non-hydrogen) atoms. The molecule has 5 aromatic rings. The summed E-state index contributed by atoms with van der Waals surface area (Å²) in [4.78, 5) is 28.7. The lowest BCUT2D eigenvalue weighted by Gasteiger charge is -2.25. The van der Waals surface area contributed by atoms with Crippen molar-refractivity contribution in [3.05, 3.63) is 108 Å². The molecule has 0 fully saturated rings. The van der Waals surface area contributed by atoms with E-state index in [1.807, 2.05) is 114 Å². The highest BCUT2D eigenvalue weighted by atomic mass is 35.5. The molecule has 5 aromatic carbocycles. The number of phenols is 1. The van der Waals surface area contributed by atoms with Crippen molar-refractivity contribution < 1.29 is 28.9 Å². The smallest absolute Gasteiger partial charge is 0.414 e. The van der Waals surface area contributed by atoms with Crippen LogP contribution >= 0.6 is 23.2 Å². The van der Waals surface area contributed by atoms with E-state index in [1.54, 1.807) is 15.9 Å². The zero-order valence-corrected chi connectivity index (χ0v) is 32.5. The molecular weight excluding hydrogens is 711 g/mol. The maximum absolute atomic E-state index is 12.9. The minimum Gasteiger partial charge on any atom is -0.507 e. The highest BCUT2D eigenvalue weighted by Gasteiger charge is 2.38. The molecule has 1 N–H and O–H groups in total. The first-order chi connectivity index (χ1) is 25.2. The lowest BCUT2D eigenvalue weighted by molar-refractivity contribution is 0.0571. The molecule has 10 heteroatoms. The molecular formula is C43H46Cl2N2O6. The molecule has 8 nitrogen and oxygen atoms in total. The normalized spacial score (nSPS) is 16.5. The number of aromatic hydroxyl groups is 1. The SMILES string of the molecule is CC(C)(C)OC(=O)N1C[C@@H](CCl)c2c1cc(O)c1ccccc21.CC(C)(C)OC(=O)N1C[C@@H](CCl)c2c1cc(OCc1ccccc1)c1ccccc21.